The van der Waals surface area contributed by atoms with Gasteiger partial charge in [0, 0.05) is 136 Å². The zero-order valence-corrected chi connectivity index (χ0v) is 67.0. The molecule has 0 spiro atoms. The fourth-order valence-corrected chi connectivity index (χ4v) is 17.6. The third kappa shape index (κ3) is 15.1. The predicted molar refractivity (Wildman–Crippen MR) is 426 cm³/mol. The predicted octanol–water partition coefficient (Wildman–Crippen LogP) is 10.3. The minimum absolute atomic E-state index is 0.0117. The van der Waals surface area contributed by atoms with Crippen molar-refractivity contribution < 1.29 is 73.0 Å². The number of aryl methyl sites for hydroxylation is 2. The number of rotatable bonds is 20. The quantitative estimate of drug-likeness (QED) is 0.0129. The molecule has 30 heteroatoms. The summed E-state index contributed by atoms with van der Waals surface area (Å²) in [5, 5.41) is 48.7. The number of fused-ring (bicyclic) bond motifs is 16. The van der Waals surface area contributed by atoms with Crippen LogP contribution in [0.15, 0.2) is 41.4 Å². The van der Waals surface area contributed by atoms with E-state index >= 15 is 0 Å². The number of aromatic amines is 4. The van der Waals surface area contributed by atoms with Crippen LogP contribution in [0.25, 0.3) is 44.4 Å². The number of thiocarbonyl (C=S) groups is 2. The van der Waals surface area contributed by atoms with E-state index in [2.05, 4.69) is 68.4 Å². The number of aliphatic hydroxyl groups is 4. The van der Waals surface area contributed by atoms with Crippen molar-refractivity contribution in [3.8, 4) is 0 Å². The molecule has 9 aliphatic rings. The van der Waals surface area contributed by atoms with Crippen LogP contribution in [0.4, 0.5) is 0 Å². The van der Waals surface area contributed by atoms with Crippen LogP contribution in [-0.2, 0) is 33.4 Å². The van der Waals surface area contributed by atoms with Crippen LogP contribution in [-0.4, -0.2) is 205 Å². The van der Waals surface area contributed by atoms with Gasteiger partial charge < -0.3 is 65.2 Å². The summed E-state index contributed by atoms with van der Waals surface area (Å²) in [5.74, 6) is -3.83. The lowest BCUT2D eigenvalue weighted by atomic mass is 9.84. The molecular weight excluding hydrogens is 1470 g/mol. The summed E-state index contributed by atoms with van der Waals surface area (Å²) < 4.78 is 15.2. The second-order valence-electron chi connectivity index (χ2n) is 30.2. The van der Waals surface area contributed by atoms with Gasteiger partial charge in [-0.05, 0) is 163 Å². The first-order valence-electron chi connectivity index (χ1n) is 38.2. The zero-order valence-electron chi connectivity index (χ0n) is 65.4. The Morgan fingerprint density at radius 3 is 1.44 bits per heavy atom. The number of esters is 2. The van der Waals surface area contributed by atoms with E-state index in [1.54, 1.807) is 6.92 Å². The van der Waals surface area contributed by atoms with Crippen molar-refractivity contribution in [3.05, 3.63) is 138 Å². The van der Waals surface area contributed by atoms with Crippen molar-refractivity contribution in [3.63, 3.8) is 0 Å². The molecule has 4 aromatic heterocycles. The smallest absolute Gasteiger partial charge is 0.305 e. The molecule has 1 fully saturated rings. The SMILES string of the molecule is CC[C@H]1c2cc3[nH]c4c(c5nc(cc6nc(cc([nH]2)[C@@H]1C)C(C(C)=O)=C6C)[C@@H](C)[C@@H]5CCC(=O)OC)C(=O)N(CCCN=C=S)C(=O)c4c3C.CC[C@H]1c2cc3[nH]c4c(c5nc(cc6nc(cc([nH]2)[C@@H]1C)C(C(C)=O)=C6C)[C@@H](C)[C@@H]5CCC(=O)OC)C(=O)N(CCCNC(=S)NC1C(O)OC(CO)C(O)C1O)C(=O)c4c3C. The van der Waals surface area contributed by atoms with Crippen molar-refractivity contribution in [2.45, 2.75) is 212 Å². The number of imide groups is 2. The Labute approximate surface area is 658 Å². The first kappa shape index (κ1) is 81.6. The largest absolute Gasteiger partial charge is 0.469 e. The monoisotopic (exact) mass is 1570 g/mol. The molecule has 0 aliphatic carbocycles. The van der Waals surface area contributed by atoms with Gasteiger partial charge in [0.1, 0.15) is 24.4 Å². The number of hydrogen-bond donors (Lipinski definition) is 10. The summed E-state index contributed by atoms with van der Waals surface area (Å²) >= 11 is 10.1. The van der Waals surface area contributed by atoms with Crippen LogP contribution in [0.5, 0.6) is 0 Å². The number of isothiocyanates is 1. The minimum Gasteiger partial charge on any atom is -0.469 e. The van der Waals surface area contributed by atoms with Gasteiger partial charge in [-0.25, -0.2) is 15.0 Å². The first-order chi connectivity index (χ1) is 53.4. The molecule has 16 bridgehead atoms. The molecule has 0 aromatic carbocycles. The molecule has 1 saturated heterocycles. The Morgan fingerprint density at radius 1 is 0.589 bits per heavy atom. The standard InChI is InChI=1S/C44H55N7O10S.C38H42N6O5S/c1-8-23-18(2)25-16-30-33(22(6)53)20(4)27(47-30)14-26-19(3)24(10-11-32(54)60-7)36(48-26)35-37-34(21(5)28(49-37)15-29(23)46-25)41(57)51(42(35)58)13-9-12-45-44(62)50-38-40(56)39(55)31(17-52)61-43(38)59;1-8-23-18(2)25-16-30-32(22(6)45)20(4)27(41-30)14-26-19(3)24(10-11-31(46)49-7)35(42-26)34-36-33(21(5)28(43-36)15-29(23)40-25)37(47)44(38(34)48)13-9-12-39-17-50/h14-16,18-19,23-24,31,38-40,43,46,49,52,55-56,59H,8-13,17H2,1-7H3,(H2,45,50,62);14-16,18-19,23-24,40,43H,8-13H2,1-7H3/t18-,19+,23-,24+,31?,38?,39?,40?,43?;18-,19+,23-,24+/m11/s1. The molecule has 10 N–H and O–H groups in total. The molecule has 4 amide bonds. The number of methoxy groups -OCH3 is 2. The molecule has 4 aromatic rings. The molecule has 5 unspecified atom stereocenters. The minimum atomic E-state index is -1.58. The normalized spacial score (nSPS) is 23.8. The van der Waals surface area contributed by atoms with E-state index < -0.39 is 66.9 Å². The molecule has 0 saturated carbocycles. The molecule has 9 aliphatic heterocycles. The summed E-state index contributed by atoms with van der Waals surface area (Å²) in [6.07, 6.45) is -2.60. The molecule has 592 valence electrons. The fraction of sp³-hybridized carbons (Fsp3) is 0.488. The number of Topliss-reactive ketones (excluding diaryl/α,β-unsaturated/α-hetero) is 2. The topological polar surface area (TPSA) is 403 Å². The lowest BCUT2D eigenvalue weighted by Gasteiger charge is -2.40. The van der Waals surface area contributed by atoms with Gasteiger partial charge in [0.15, 0.2) is 23.0 Å². The summed E-state index contributed by atoms with van der Waals surface area (Å²) in [6, 6.07) is 10.5. The van der Waals surface area contributed by atoms with Gasteiger partial charge in [-0.1, -0.05) is 41.5 Å². The lowest BCUT2D eigenvalue weighted by Crippen LogP contribution is -2.65. The van der Waals surface area contributed by atoms with Crippen LogP contribution in [0.2, 0.25) is 0 Å². The zero-order chi connectivity index (χ0) is 80.9. The lowest BCUT2D eigenvalue weighted by molar-refractivity contribution is -0.252. The fourth-order valence-electron chi connectivity index (χ4n) is 17.3. The van der Waals surface area contributed by atoms with Crippen molar-refractivity contribution in [1.29, 1.82) is 0 Å². The van der Waals surface area contributed by atoms with Crippen LogP contribution >= 0.6 is 24.4 Å². The Kier molecular flexibility index (Phi) is 24.3. The Morgan fingerprint density at radius 2 is 1.03 bits per heavy atom. The van der Waals surface area contributed by atoms with E-state index in [1.807, 2.05) is 77.9 Å². The van der Waals surface area contributed by atoms with Gasteiger partial charge in [0.05, 0.1) is 100.0 Å². The third-order valence-corrected chi connectivity index (χ3v) is 24.1. The highest BCUT2D eigenvalue weighted by molar-refractivity contribution is 7.80. The van der Waals surface area contributed by atoms with Gasteiger partial charge in [0.25, 0.3) is 23.6 Å². The molecule has 13 rings (SSSR count). The van der Waals surface area contributed by atoms with E-state index in [4.69, 9.17) is 58.6 Å². The number of nitrogens with zero attached hydrogens (tertiary/aromatic N) is 7. The number of aliphatic hydroxyl groups excluding tert-OH is 4. The second kappa shape index (κ2) is 33.4. The highest BCUT2D eigenvalue weighted by Gasteiger charge is 2.47. The van der Waals surface area contributed by atoms with Crippen molar-refractivity contribution >= 4 is 126 Å². The molecular formula is C82H97N13O15S2. The maximum atomic E-state index is 14.9. The van der Waals surface area contributed by atoms with Gasteiger partial charge in [-0.3, -0.25) is 58.1 Å². The molecule has 112 heavy (non-hydrogen) atoms. The number of ether oxygens (including phenoxy) is 3. The summed E-state index contributed by atoms with van der Waals surface area (Å²) in [6.45, 7) is 23.1. The van der Waals surface area contributed by atoms with Gasteiger partial charge in [-0.15, -0.1) is 0 Å². The number of aromatic nitrogens is 8. The van der Waals surface area contributed by atoms with Gasteiger partial charge in [-0.2, -0.15) is 0 Å². The maximum Gasteiger partial charge on any atom is 0.305 e. The van der Waals surface area contributed by atoms with Crippen molar-refractivity contribution in [2.75, 3.05) is 47.0 Å². The van der Waals surface area contributed by atoms with E-state index in [1.165, 1.54) is 30.9 Å². The Balaban J connectivity index is 0.000000213. The average molecular weight is 1570 g/mol. The van der Waals surface area contributed by atoms with E-state index in [0.717, 1.165) is 46.8 Å². The molecule has 0 radical (unpaired) electrons. The highest BCUT2D eigenvalue weighted by Crippen LogP contribution is 2.49. The van der Waals surface area contributed by atoms with Gasteiger partial charge in [0.2, 0.25) is 0 Å². The maximum absolute atomic E-state index is 14.9. The molecule has 13 heterocycles. The molecule has 13 atom stereocenters. The van der Waals surface area contributed by atoms with E-state index in [9.17, 15) is 58.8 Å². The summed E-state index contributed by atoms with van der Waals surface area (Å²) in [4.78, 5) is 150. The van der Waals surface area contributed by atoms with Gasteiger partial charge >= 0.3 is 11.9 Å². The number of aliphatic imine (C=N–C) groups is 1. The number of allylic oxidation sites excluding steroid dienone is 4. The number of H-pyrrole nitrogens is 4. The highest BCUT2D eigenvalue weighted by atomic mass is 32.1. The number of nitrogens with one attached hydrogen (secondary N) is 6. The van der Waals surface area contributed by atoms with Crippen molar-refractivity contribution in [1.82, 2.24) is 60.3 Å². The third-order valence-electron chi connectivity index (χ3n) is 23.7. The number of hydrogen-bond acceptors (Lipinski definition) is 22. The molecule has 28 nitrogen and oxygen atoms in total. The number of ketones is 2. The van der Waals surface area contributed by atoms with Crippen molar-refractivity contribution in [2.24, 2.45) is 4.99 Å². The number of carbonyl (C=O) groups excluding carboxylic acids is 8. The van der Waals surface area contributed by atoms with Crippen LogP contribution < -0.4 is 10.6 Å². The second-order valence-corrected chi connectivity index (χ2v) is 30.8. The number of amides is 4. The Hall–Kier alpha value is -9.91. The number of carbonyl (C=O) groups is 8. The first-order valence-corrected chi connectivity index (χ1v) is 39.1. The summed E-state index contributed by atoms with van der Waals surface area (Å²) in [7, 11) is 2.67. The average Bonchev–Trinajstić information content (AvgIpc) is 1.56. The van der Waals surface area contributed by atoms with Crippen LogP contribution in [0.3, 0.4) is 0 Å². The van der Waals surface area contributed by atoms with E-state index in [0.29, 0.717) is 132 Å². The Bertz CT molecular complexity index is 5160. The van der Waals surface area contributed by atoms with Crippen LogP contribution in [0.1, 0.15) is 289 Å². The van der Waals surface area contributed by atoms with Crippen LogP contribution in [0, 0.1) is 13.8 Å². The summed E-state index contributed by atoms with van der Waals surface area (Å²) in [5.41, 5.74) is 15.6. The van der Waals surface area contributed by atoms with E-state index in [-0.39, 0.29) is 114 Å².